The van der Waals surface area contributed by atoms with Crippen LogP contribution in [0.15, 0.2) is 12.2 Å². The van der Waals surface area contributed by atoms with Gasteiger partial charge in [0.15, 0.2) is 0 Å². The standard InChI is InChI=1S/C31H57NO7/c1-8-9-10-11-13-16-21(2)19-23(39-7)17-14-12-15-18-25(33)32-24(20-38-6)28(35)26-27(34)22(3)29(36)31(4,5)30(26)37/h12,14,21-24,26-29,34-36H,8-11,13,15-20H2,1-7H3,(H,32,33)/b14-12+/t21?,22-,23?,24?,26-,27+,28?,29-/m0/s1. The third-order valence-corrected chi connectivity index (χ3v) is 8.46. The van der Waals surface area contributed by atoms with Crippen LogP contribution in [0.2, 0.25) is 0 Å². The SMILES string of the molecule is CCCCCCCC(C)CC(C/C=C/CCC(=O)NC(COC)C(O)[C@H]1C(=O)C(C)(C)[C@@H](O)[C@@H](C)[C@H]1O)OC. The maximum Gasteiger partial charge on any atom is 0.220 e. The van der Waals surface area contributed by atoms with Crippen molar-refractivity contribution in [3.63, 3.8) is 0 Å². The molecule has 0 saturated heterocycles. The minimum Gasteiger partial charge on any atom is -0.392 e. The van der Waals surface area contributed by atoms with Crippen LogP contribution in [0.5, 0.6) is 0 Å². The molecule has 4 unspecified atom stereocenters. The van der Waals surface area contributed by atoms with Gasteiger partial charge in [0.25, 0.3) is 0 Å². The highest BCUT2D eigenvalue weighted by atomic mass is 16.5. The Balaban J connectivity index is 2.56. The number of ether oxygens (including phenoxy) is 2. The van der Waals surface area contributed by atoms with Gasteiger partial charge in [-0.2, -0.15) is 0 Å². The Kier molecular flexibility index (Phi) is 16.6. The van der Waals surface area contributed by atoms with Crippen LogP contribution in [0, 0.1) is 23.2 Å². The van der Waals surface area contributed by atoms with Gasteiger partial charge in [-0.3, -0.25) is 9.59 Å². The fourth-order valence-electron chi connectivity index (χ4n) is 5.72. The van der Waals surface area contributed by atoms with E-state index in [9.17, 15) is 24.9 Å². The van der Waals surface area contributed by atoms with Crippen LogP contribution in [0.3, 0.4) is 0 Å². The summed E-state index contributed by atoms with van der Waals surface area (Å²) in [5, 5.41) is 35.0. The Morgan fingerprint density at radius 3 is 2.41 bits per heavy atom. The lowest BCUT2D eigenvalue weighted by molar-refractivity contribution is -0.173. The third-order valence-electron chi connectivity index (χ3n) is 8.46. The van der Waals surface area contributed by atoms with E-state index in [-0.39, 0.29) is 25.0 Å². The van der Waals surface area contributed by atoms with Crippen molar-refractivity contribution in [3.8, 4) is 0 Å². The number of allylic oxidation sites excluding steroid dienone is 1. The van der Waals surface area contributed by atoms with Crippen LogP contribution in [-0.4, -0.2) is 78.3 Å². The first-order valence-corrected chi connectivity index (χ1v) is 15.0. The molecule has 1 amide bonds. The lowest BCUT2D eigenvalue weighted by Crippen LogP contribution is -2.63. The number of aliphatic hydroxyl groups is 3. The lowest BCUT2D eigenvalue weighted by atomic mass is 9.61. The smallest absolute Gasteiger partial charge is 0.220 e. The van der Waals surface area contributed by atoms with Gasteiger partial charge < -0.3 is 30.1 Å². The van der Waals surface area contributed by atoms with Gasteiger partial charge in [0.2, 0.25) is 5.91 Å². The first-order valence-electron chi connectivity index (χ1n) is 15.0. The number of hydrogen-bond acceptors (Lipinski definition) is 7. The summed E-state index contributed by atoms with van der Waals surface area (Å²) in [7, 11) is 3.20. The first kappa shape index (κ1) is 35.7. The van der Waals surface area contributed by atoms with Crippen LogP contribution in [0.4, 0.5) is 0 Å². The van der Waals surface area contributed by atoms with Crippen LogP contribution in [0.1, 0.15) is 98.8 Å². The monoisotopic (exact) mass is 555 g/mol. The van der Waals surface area contributed by atoms with Gasteiger partial charge >= 0.3 is 0 Å². The van der Waals surface area contributed by atoms with Crippen molar-refractivity contribution in [2.45, 2.75) is 129 Å². The largest absolute Gasteiger partial charge is 0.392 e. The number of Topliss-reactive ketones (excluding diaryl/α,β-unsaturated/α-hetero) is 1. The molecule has 8 atom stereocenters. The average molecular weight is 556 g/mol. The molecule has 8 heteroatoms. The molecule has 0 heterocycles. The molecule has 0 aromatic carbocycles. The summed E-state index contributed by atoms with van der Waals surface area (Å²) in [6.45, 7) is 9.39. The molecule has 1 aliphatic carbocycles. The minimum atomic E-state index is -1.35. The molecule has 1 aliphatic rings. The van der Waals surface area contributed by atoms with Gasteiger partial charge in [0, 0.05) is 26.6 Å². The minimum absolute atomic E-state index is 0.0110. The Hall–Kier alpha value is -1.32. The Bertz CT molecular complexity index is 740. The number of methoxy groups -OCH3 is 2. The number of carbonyl (C=O) groups excluding carboxylic acids is 2. The van der Waals surface area contributed by atoms with Crippen molar-refractivity contribution in [2.75, 3.05) is 20.8 Å². The summed E-state index contributed by atoms with van der Waals surface area (Å²) < 4.78 is 10.9. The molecule has 39 heavy (non-hydrogen) atoms. The number of ketones is 1. The molecule has 228 valence electrons. The highest BCUT2D eigenvalue weighted by Gasteiger charge is 2.55. The number of amides is 1. The molecule has 0 aliphatic heterocycles. The summed E-state index contributed by atoms with van der Waals surface area (Å²) in [5.41, 5.74) is -1.12. The summed E-state index contributed by atoms with van der Waals surface area (Å²) >= 11 is 0. The topological polar surface area (TPSA) is 125 Å². The molecular weight excluding hydrogens is 498 g/mol. The second kappa shape index (κ2) is 18.2. The van der Waals surface area contributed by atoms with Crippen molar-refractivity contribution >= 4 is 11.7 Å². The predicted octanol–water partition coefficient (Wildman–Crippen LogP) is 4.19. The molecule has 1 fully saturated rings. The summed E-state index contributed by atoms with van der Waals surface area (Å²) in [6.07, 6.45) is 10.9. The molecule has 0 aromatic heterocycles. The summed E-state index contributed by atoms with van der Waals surface area (Å²) in [6, 6.07) is -0.866. The number of hydrogen-bond donors (Lipinski definition) is 4. The van der Waals surface area contributed by atoms with Gasteiger partial charge in [-0.15, -0.1) is 0 Å². The van der Waals surface area contributed by atoms with E-state index in [1.807, 2.05) is 6.08 Å². The maximum atomic E-state index is 13.1. The molecule has 1 saturated carbocycles. The normalized spacial score (nSPS) is 26.4. The van der Waals surface area contributed by atoms with Gasteiger partial charge in [-0.25, -0.2) is 0 Å². The molecule has 1 rings (SSSR count). The molecule has 0 bridgehead atoms. The van der Waals surface area contributed by atoms with Crippen molar-refractivity contribution < 1.29 is 34.4 Å². The third kappa shape index (κ3) is 11.2. The quantitative estimate of drug-likeness (QED) is 0.139. The Morgan fingerprint density at radius 2 is 1.79 bits per heavy atom. The summed E-state index contributed by atoms with van der Waals surface area (Å²) in [5.74, 6) is -1.82. The van der Waals surface area contributed by atoms with Gasteiger partial charge in [-0.1, -0.05) is 85.3 Å². The van der Waals surface area contributed by atoms with Crippen LogP contribution < -0.4 is 5.32 Å². The van der Waals surface area contributed by atoms with E-state index in [2.05, 4.69) is 25.2 Å². The maximum absolute atomic E-state index is 13.1. The zero-order valence-electron chi connectivity index (χ0n) is 25.5. The van der Waals surface area contributed by atoms with E-state index in [0.29, 0.717) is 12.3 Å². The second-order valence-corrected chi connectivity index (χ2v) is 12.2. The number of carbonyl (C=O) groups is 2. The van der Waals surface area contributed by atoms with E-state index in [1.165, 1.54) is 45.6 Å². The van der Waals surface area contributed by atoms with Gasteiger partial charge in [0.05, 0.1) is 48.4 Å². The molecule has 8 nitrogen and oxygen atoms in total. The average Bonchev–Trinajstić information content (AvgIpc) is 2.90. The van der Waals surface area contributed by atoms with E-state index in [0.717, 1.165) is 12.8 Å². The Labute approximate surface area is 236 Å². The van der Waals surface area contributed by atoms with Crippen molar-refractivity contribution in [2.24, 2.45) is 23.2 Å². The second-order valence-electron chi connectivity index (χ2n) is 12.2. The molecule has 0 radical (unpaired) electrons. The zero-order chi connectivity index (χ0) is 29.6. The van der Waals surface area contributed by atoms with Crippen LogP contribution in [-0.2, 0) is 19.1 Å². The Morgan fingerprint density at radius 1 is 1.13 bits per heavy atom. The summed E-state index contributed by atoms with van der Waals surface area (Å²) in [4.78, 5) is 25.7. The van der Waals surface area contributed by atoms with Gasteiger partial charge in [-0.05, 0) is 25.2 Å². The van der Waals surface area contributed by atoms with Crippen molar-refractivity contribution in [3.05, 3.63) is 12.2 Å². The number of rotatable bonds is 19. The van der Waals surface area contributed by atoms with Crippen molar-refractivity contribution in [1.29, 1.82) is 0 Å². The molecule has 4 N–H and O–H groups in total. The van der Waals surface area contributed by atoms with E-state index in [4.69, 9.17) is 9.47 Å². The fraction of sp³-hybridized carbons (Fsp3) is 0.871. The lowest BCUT2D eigenvalue weighted by Gasteiger charge is -2.47. The van der Waals surface area contributed by atoms with Crippen LogP contribution in [0.25, 0.3) is 0 Å². The molecule has 0 spiro atoms. The van der Waals surface area contributed by atoms with E-state index >= 15 is 0 Å². The number of aliphatic hydroxyl groups excluding tert-OH is 3. The van der Waals surface area contributed by atoms with Crippen LogP contribution >= 0.6 is 0 Å². The highest BCUT2D eigenvalue weighted by molar-refractivity contribution is 5.89. The molecular formula is C31H57NO7. The first-order chi connectivity index (χ1) is 18.4. The highest BCUT2D eigenvalue weighted by Crippen LogP contribution is 2.41. The predicted molar refractivity (Wildman–Crippen MR) is 154 cm³/mol. The zero-order valence-corrected chi connectivity index (χ0v) is 25.5. The van der Waals surface area contributed by atoms with E-state index in [1.54, 1.807) is 27.9 Å². The number of nitrogens with one attached hydrogen (secondary N) is 1. The van der Waals surface area contributed by atoms with Gasteiger partial charge in [0.1, 0.15) is 5.78 Å². The number of unbranched alkanes of at least 4 members (excludes halogenated alkanes) is 4. The van der Waals surface area contributed by atoms with Crippen molar-refractivity contribution in [1.82, 2.24) is 5.32 Å². The fourth-order valence-corrected chi connectivity index (χ4v) is 5.72. The molecule has 0 aromatic rings. The van der Waals surface area contributed by atoms with E-state index < -0.39 is 47.4 Å².